The van der Waals surface area contributed by atoms with Crippen LogP contribution in [0.15, 0.2) is 23.1 Å². The van der Waals surface area contributed by atoms with E-state index in [0.29, 0.717) is 0 Å². The summed E-state index contributed by atoms with van der Waals surface area (Å²) in [6.07, 6.45) is 0. The van der Waals surface area contributed by atoms with Gasteiger partial charge in [-0.1, -0.05) is 11.6 Å². The summed E-state index contributed by atoms with van der Waals surface area (Å²) in [4.78, 5) is -0.210. The number of hydrogen-bond acceptors (Lipinski definition) is 3. The van der Waals surface area contributed by atoms with Crippen LogP contribution < -0.4 is 10.5 Å². The maximum absolute atomic E-state index is 13.0. The molecule has 7 heteroatoms. The summed E-state index contributed by atoms with van der Waals surface area (Å²) in [5.74, 6) is -0.701. The normalized spacial score (nSPS) is 13.8. The maximum Gasteiger partial charge on any atom is 0.241 e. The van der Waals surface area contributed by atoms with Crippen LogP contribution >= 0.6 is 11.6 Å². The first-order valence-corrected chi connectivity index (χ1v) is 6.40. The number of hydrogen-bond donors (Lipinski definition) is 2. The molecule has 3 N–H and O–H groups in total. The van der Waals surface area contributed by atoms with Gasteiger partial charge in [-0.2, -0.15) is 0 Å². The fraction of sp³-hybridized carbons (Fsp3) is 0.333. The third-order valence-electron chi connectivity index (χ3n) is 1.86. The van der Waals surface area contributed by atoms with Crippen LogP contribution in [0.5, 0.6) is 0 Å². The van der Waals surface area contributed by atoms with E-state index in [2.05, 4.69) is 4.72 Å². The molecule has 0 fully saturated rings. The molecule has 4 nitrogen and oxygen atoms in total. The zero-order valence-electron chi connectivity index (χ0n) is 8.57. The monoisotopic (exact) mass is 266 g/mol. The Kier molecular flexibility index (Phi) is 4.26. The second-order valence-electron chi connectivity index (χ2n) is 3.36. The molecule has 1 aromatic carbocycles. The highest BCUT2D eigenvalue weighted by Crippen LogP contribution is 2.18. The molecule has 1 aromatic rings. The van der Waals surface area contributed by atoms with Crippen LogP contribution in [0, 0.1) is 5.82 Å². The van der Waals surface area contributed by atoms with Crippen molar-refractivity contribution in [3.63, 3.8) is 0 Å². The number of rotatable bonds is 4. The van der Waals surface area contributed by atoms with Gasteiger partial charge in [0.05, 0.1) is 4.90 Å². The van der Waals surface area contributed by atoms with Crippen LogP contribution in [0.25, 0.3) is 0 Å². The lowest BCUT2D eigenvalue weighted by Crippen LogP contribution is -2.37. The van der Waals surface area contributed by atoms with Gasteiger partial charge < -0.3 is 5.73 Å². The molecule has 0 bridgehead atoms. The van der Waals surface area contributed by atoms with Crippen LogP contribution in [0.2, 0.25) is 5.02 Å². The first kappa shape index (κ1) is 13.4. The SMILES string of the molecule is C[C@@H](CN)NS(=O)(=O)c1cc(F)cc(Cl)c1. The lowest BCUT2D eigenvalue weighted by Gasteiger charge is -2.12. The summed E-state index contributed by atoms with van der Waals surface area (Å²) in [5, 5.41) is 0.0285. The van der Waals surface area contributed by atoms with Gasteiger partial charge >= 0.3 is 0 Å². The molecule has 16 heavy (non-hydrogen) atoms. The maximum atomic E-state index is 13.0. The summed E-state index contributed by atoms with van der Waals surface area (Å²) in [6, 6.07) is 2.69. The van der Waals surface area contributed by atoms with Crippen LogP contribution in [0.1, 0.15) is 6.92 Å². The van der Waals surface area contributed by atoms with Crippen molar-refractivity contribution in [3.8, 4) is 0 Å². The van der Waals surface area contributed by atoms with Gasteiger partial charge in [-0.05, 0) is 25.1 Å². The van der Waals surface area contributed by atoms with Gasteiger partial charge in [-0.15, -0.1) is 0 Å². The highest BCUT2D eigenvalue weighted by Gasteiger charge is 2.17. The van der Waals surface area contributed by atoms with E-state index < -0.39 is 21.9 Å². The van der Waals surface area contributed by atoms with Gasteiger partial charge in [0.2, 0.25) is 10.0 Å². The zero-order valence-corrected chi connectivity index (χ0v) is 10.1. The standard InChI is InChI=1S/C9H12ClFN2O2S/c1-6(5-12)13-16(14,15)9-3-7(10)2-8(11)4-9/h2-4,6,13H,5,12H2,1H3/t6-/m0/s1. The largest absolute Gasteiger partial charge is 0.329 e. The number of nitrogens with two attached hydrogens (primary N) is 1. The third kappa shape index (κ3) is 3.41. The van der Waals surface area contributed by atoms with E-state index in [9.17, 15) is 12.8 Å². The second kappa shape index (κ2) is 5.09. The molecule has 0 saturated carbocycles. The van der Waals surface area contributed by atoms with E-state index in [1.54, 1.807) is 6.92 Å². The minimum atomic E-state index is -3.77. The van der Waals surface area contributed by atoms with Gasteiger partial charge in [0.1, 0.15) is 5.82 Å². The lowest BCUT2D eigenvalue weighted by atomic mass is 10.3. The van der Waals surface area contributed by atoms with Crippen molar-refractivity contribution < 1.29 is 12.8 Å². The van der Waals surface area contributed by atoms with Gasteiger partial charge in [0, 0.05) is 17.6 Å². The molecule has 0 unspecified atom stereocenters. The highest BCUT2D eigenvalue weighted by atomic mass is 35.5. The molecule has 90 valence electrons. The zero-order chi connectivity index (χ0) is 12.3. The molecular weight excluding hydrogens is 255 g/mol. The van der Waals surface area contributed by atoms with E-state index in [0.717, 1.165) is 12.1 Å². The van der Waals surface area contributed by atoms with Gasteiger partial charge in [0.25, 0.3) is 0 Å². The Hall–Kier alpha value is -0.690. The molecule has 0 aliphatic carbocycles. The first-order chi connectivity index (χ1) is 7.35. The highest BCUT2D eigenvalue weighted by molar-refractivity contribution is 7.89. The molecule has 1 atom stereocenters. The molecule has 0 amide bonds. The topological polar surface area (TPSA) is 72.2 Å². The minimum Gasteiger partial charge on any atom is -0.329 e. The van der Waals surface area contributed by atoms with E-state index in [1.165, 1.54) is 6.07 Å². The van der Waals surface area contributed by atoms with Crippen LogP contribution in [0.3, 0.4) is 0 Å². The van der Waals surface area contributed by atoms with E-state index in [1.807, 2.05) is 0 Å². The van der Waals surface area contributed by atoms with Crippen molar-refractivity contribution in [3.05, 3.63) is 29.0 Å². The molecule has 0 radical (unpaired) electrons. The molecule has 0 aliphatic heterocycles. The predicted molar refractivity (Wildman–Crippen MR) is 60.2 cm³/mol. The Morgan fingerprint density at radius 2 is 2.12 bits per heavy atom. The van der Waals surface area contributed by atoms with Gasteiger partial charge in [-0.3, -0.25) is 0 Å². The van der Waals surface area contributed by atoms with Gasteiger partial charge in [-0.25, -0.2) is 17.5 Å². The average molecular weight is 267 g/mol. The van der Waals surface area contributed by atoms with Crippen molar-refractivity contribution in [2.24, 2.45) is 5.73 Å². The van der Waals surface area contributed by atoms with E-state index >= 15 is 0 Å². The smallest absolute Gasteiger partial charge is 0.241 e. The van der Waals surface area contributed by atoms with Crippen LogP contribution in [-0.4, -0.2) is 21.0 Å². The van der Waals surface area contributed by atoms with Gasteiger partial charge in [0.15, 0.2) is 0 Å². The summed E-state index contributed by atoms with van der Waals surface area (Å²) >= 11 is 5.57. The second-order valence-corrected chi connectivity index (χ2v) is 5.51. The summed E-state index contributed by atoms with van der Waals surface area (Å²) in [5.41, 5.74) is 5.29. The quantitative estimate of drug-likeness (QED) is 0.857. The number of nitrogens with one attached hydrogen (secondary N) is 1. The molecular formula is C9H12ClFN2O2S. The van der Waals surface area contributed by atoms with E-state index in [4.69, 9.17) is 17.3 Å². The minimum absolute atomic E-state index is 0.0285. The molecule has 0 heterocycles. The van der Waals surface area contributed by atoms with Crippen LogP contribution in [-0.2, 0) is 10.0 Å². The first-order valence-electron chi connectivity index (χ1n) is 4.53. The fourth-order valence-corrected chi connectivity index (χ4v) is 2.66. The van der Waals surface area contributed by atoms with Crippen molar-refractivity contribution >= 4 is 21.6 Å². The summed E-state index contributed by atoms with van der Waals surface area (Å²) in [6.45, 7) is 1.76. The summed E-state index contributed by atoms with van der Waals surface area (Å²) in [7, 11) is -3.77. The molecule has 0 saturated heterocycles. The fourth-order valence-electron chi connectivity index (χ4n) is 1.06. The van der Waals surface area contributed by atoms with E-state index in [-0.39, 0.29) is 16.5 Å². The Morgan fingerprint density at radius 3 is 2.62 bits per heavy atom. The van der Waals surface area contributed by atoms with Crippen LogP contribution in [0.4, 0.5) is 4.39 Å². The van der Waals surface area contributed by atoms with Crippen molar-refractivity contribution in [1.29, 1.82) is 0 Å². The Balaban J connectivity index is 3.07. The molecule has 0 aliphatic rings. The van der Waals surface area contributed by atoms with Crippen molar-refractivity contribution in [2.75, 3.05) is 6.54 Å². The lowest BCUT2D eigenvalue weighted by molar-refractivity contribution is 0.560. The molecule has 1 rings (SSSR count). The molecule has 0 aromatic heterocycles. The Labute approximate surface area is 98.6 Å². The molecule has 0 spiro atoms. The van der Waals surface area contributed by atoms with Crippen molar-refractivity contribution in [2.45, 2.75) is 17.9 Å². The number of benzene rings is 1. The third-order valence-corrected chi connectivity index (χ3v) is 3.64. The average Bonchev–Trinajstić information content (AvgIpc) is 2.15. The Bertz CT molecular complexity index is 458. The summed E-state index contributed by atoms with van der Waals surface area (Å²) < 4.78 is 38.7. The Morgan fingerprint density at radius 1 is 1.50 bits per heavy atom. The van der Waals surface area contributed by atoms with Crippen molar-refractivity contribution in [1.82, 2.24) is 4.72 Å². The number of halogens is 2. The predicted octanol–water partition coefficient (Wildman–Crippen LogP) is 1.10. The number of sulfonamides is 1.